The SMILES string of the molecule is CC(C)(C)C[C@@H](N)C[C@H](CC(=O)O)C(F)(F)F. The summed E-state index contributed by atoms with van der Waals surface area (Å²) in [6.07, 6.45) is -5.33. The van der Waals surface area contributed by atoms with Gasteiger partial charge in [0, 0.05) is 6.04 Å². The summed E-state index contributed by atoms with van der Waals surface area (Å²) in [6, 6.07) is -0.638. The number of alkyl halides is 3. The Morgan fingerprint density at radius 3 is 2.06 bits per heavy atom. The van der Waals surface area contributed by atoms with Gasteiger partial charge in [-0.2, -0.15) is 13.2 Å². The summed E-state index contributed by atoms with van der Waals surface area (Å²) in [4.78, 5) is 10.4. The Kier molecular flexibility index (Phi) is 5.45. The number of aliphatic carboxylic acids is 1. The van der Waals surface area contributed by atoms with Crippen LogP contribution in [0.3, 0.4) is 0 Å². The van der Waals surface area contributed by atoms with Crippen molar-refractivity contribution >= 4 is 5.97 Å². The second-order valence-corrected chi connectivity index (χ2v) is 5.60. The molecule has 0 saturated heterocycles. The van der Waals surface area contributed by atoms with Crippen molar-refractivity contribution in [3.8, 4) is 0 Å². The zero-order valence-electron chi connectivity index (χ0n) is 10.3. The van der Waals surface area contributed by atoms with Crippen molar-refractivity contribution in [1.82, 2.24) is 0 Å². The van der Waals surface area contributed by atoms with Crippen LogP contribution in [0.2, 0.25) is 0 Å². The van der Waals surface area contributed by atoms with Crippen LogP contribution in [-0.2, 0) is 4.79 Å². The molecule has 6 heteroatoms. The fourth-order valence-corrected chi connectivity index (χ4v) is 1.78. The van der Waals surface area contributed by atoms with Crippen LogP contribution in [0.5, 0.6) is 0 Å². The summed E-state index contributed by atoms with van der Waals surface area (Å²) >= 11 is 0. The van der Waals surface area contributed by atoms with Gasteiger partial charge in [-0.25, -0.2) is 0 Å². The highest BCUT2D eigenvalue weighted by molar-refractivity contribution is 5.67. The molecule has 0 aliphatic carbocycles. The maximum Gasteiger partial charge on any atom is 0.392 e. The van der Waals surface area contributed by atoms with Crippen LogP contribution in [0.25, 0.3) is 0 Å². The Bertz CT molecular complexity index is 258. The number of hydrogen-bond donors (Lipinski definition) is 2. The molecule has 0 rings (SSSR count). The monoisotopic (exact) mass is 255 g/mol. The van der Waals surface area contributed by atoms with Crippen molar-refractivity contribution in [3.05, 3.63) is 0 Å². The first-order chi connectivity index (χ1) is 7.42. The maximum absolute atomic E-state index is 12.6. The highest BCUT2D eigenvalue weighted by Gasteiger charge is 2.41. The van der Waals surface area contributed by atoms with E-state index in [4.69, 9.17) is 10.8 Å². The summed E-state index contributed by atoms with van der Waals surface area (Å²) in [5, 5.41) is 8.45. The summed E-state index contributed by atoms with van der Waals surface area (Å²) in [7, 11) is 0. The van der Waals surface area contributed by atoms with Crippen molar-refractivity contribution in [2.24, 2.45) is 17.1 Å². The van der Waals surface area contributed by atoms with E-state index in [9.17, 15) is 18.0 Å². The Labute approximate surface area is 99.2 Å². The average molecular weight is 255 g/mol. The lowest BCUT2D eigenvalue weighted by Gasteiger charge is -2.27. The van der Waals surface area contributed by atoms with E-state index in [0.29, 0.717) is 6.42 Å². The molecule has 3 nitrogen and oxygen atoms in total. The highest BCUT2D eigenvalue weighted by Crippen LogP contribution is 2.34. The smallest absolute Gasteiger partial charge is 0.392 e. The Hall–Kier alpha value is -0.780. The molecule has 0 fully saturated rings. The van der Waals surface area contributed by atoms with Crippen molar-refractivity contribution in [2.75, 3.05) is 0 Å². The molecule has 0 aromatic carbocycles. The molecule has 0 aliphatic rings. The van der Waals surface area contributed by atoms with E-state index < -0.39 is 30.5 Å². The largest absolute Gasteiger partial charge is 0.481 e. The molecule has 0 saturated carbocycles. The van der Waals surface area contributed by atoms with Gasteiger partial charge in [0.05, 0.1) is 12.3 Å². The standard InChI is InChI=1S/C11H20F3NO2/c1-10(2,3)6-8(15)4-7(5-9(16)17)11(12,13)14/h7-8H,4-6,15H2,1-3H3,(H,16,17)/t7-,8+/m1/s1. The van der Waals surface area contributed by atoms with E-state index in [0.717, 1.165) is 0 Å². The Morgan fingerprint density at radius 2 is 1.76 bits per heavy atom. The predicted molar refractivity (Wildman–Crippen MR) is 58.5 cm³/mol. The third-order valence-electron chi connectivity index (χ3n) is 2.35. The van der Waals surface area contributed by atoms with E-state index in [1.54, 1.807) is 0 Å². The van der Waals surface area contributed by atoms with Crippen molar-refractivity contribution in [3.63, 3.8) is 0 Å². The van der Waals surface area contributed by atoms with Gasteiger partial charge in [0.1, 0.15) is 0 Å². The number of nitrogens with two attached hydrogens (primary N) is 1. The number of carboxylic acid groups (broad SMARTS) is 1. The molecule has 0 aromatic heterocycles. The summed E-state index contributed by atoms with van der Waals surface area (Å²) < 4.78 is 37.7. The highest BCUT2D eigenvalue weighted by atomic mass is 19.4. The first kappa shape index (κ1) is 16.2. The molecule has 0 aliphatic heterocycles. The van der Waals surface area contributed by atoms with Crippen LogP contribution in [0.15, 0.2) is 0 Å². The molecule has 0 unspecified atom stereocenters. The van der Waals surface area contributed by atoms with Gasteiger partial charge in [-0.3, -0.25) is 4.79 Å². The van der Waals surface area contributed by atoms with Gasteiger partial charge in [0.2, 0.25) is 0 Å². The zero-order valence-corrected chi connectivity index (χ0v) is 10.3. The minimum absolute atomic E-state index is 0.168. The molecular formula is C11H20F3NO2. The fourth-order valence-electron chi connectivity index (χ4n) is 1.78. The number of rotatable bonds is 5. The lowest BCUT2D eigenvalue weighted by Crippen LogP contribution is -2.35. The third kappa shape index (κ3) is 8.01. The van der Waals surface area contributed by atoms with Gasteiger partial charge in [0.15, 0.2) is 0 Å². The quantitative estimate of drug-likeness (QED) is 0.794. The van der Waals surface area contributed by atoms with Crippen LogP contribution in [-0.4, -0.2) is 23.3 Å². The van der Waals surface area contributed by atoms with Gasteiger partial charge in [-0.15, -0.1) is 0 Å². The van der Waals surface area contributed by atoms with Crippen LogP contribution >= 0.6 is 0 Å². The molecule has 0 bridgehead atoms. The minimum Gasteiger partial charge on any atom is -0.481 e. The summed E-state index contributed by atoms with van der Waals surface area (Å²) in [5.74, 6) is -3.31. The van der Waals surface area contributed by atoms with Crippen molar-refractivity contribution in [2.45, 2.75) is 52.3 Å². The number of halogens is 3. The second kappa shape index (κ2) is 5.71. The normalized spacial score (nSPS) is 16.6. The first-order valence-corrected chi connectivity index (χ1v) is 5.46. The molecule has 0 amide bonds. The van der Waals surface area contributed by atoms with E-state index in [2.05, 4.69) is 0 Å². The maximum atomic E-state index is 12.6. The molecule has 102 valence electrons. The van der Waals surface area contributed by atoms with Crippen molar-refractivity contribution in [1.29, 1.82) is 0 Å². The third-order valence-corrected chi connectivity index (χ3v) is 2.35. The molecule has 3 N–H and O–H groups in total. The topological polar surface area (TPSA) is 63.3 Å². The van der Waals surface area contributed by atoms with Crippen LogP contribution in [0, 0.1) is 11.3 Å². The molecule has 0 radical (unpaired) electrons. The molecule has 0 heterocycles. The molecule has 2 atom stereocenters. The number of carboxylic acids is 1. The minimum atomic E-state index is -4.51. The molecule has 17 heavy (non-hydrogen) atoms. The van der Waals surface area contributed by atoms with E-state index in [1.807, 2.05) is 20.8 Å². The lowest BCUT2D eigenvalue weighted by molar-refractivity contribution is -0.185. The van der Waals surface area contributed by atoms with E-state index >= 15 is 0 Å². The zero-order chi connectivity index (χ0) is 13.9. The molecule has 0 aromatic rings. The van der Waals surface area contributed by atoms with Gasteiger partial charge < -0.3 is 10.8 Å². The second-order valence-electron chi connectivity index (χ2n) is 5.60. The van der Waals surface area contributed by atoms with Crippen LogP contribution < -0.4 is 5.73 Å². The first-order valence-electron chi connectivity index (χ1n) is 5.46. The van der Waals surface area contributed by atoms with E-state index in [-0.39, 0.29) is 11.8 Å². The van der Waals surface area contributed by atoms with Crippen LogP contribution in [0.4, 0.5) is 13.2 Å². The number of carbonyl (C=O) groups is 1. The van der Waals surface area contributed by atoms with Crippen LogP contribution in [0.1, 0.15) is 40.0 Å². The molecular weight excluding hydrogens is 235 g/mol. The molecule has 0 spiro atoms. The Morgan fingerprint density at radius 1 is 1.29 bits per heavy atom. The summed E-state index contributed by atoms with van der Waals surface area (Å²) in [5.41, 5.74) is 5.47. The van der Waals surface area contributed by atoms with Gasteiger partial charge >= 0.3 is 12.1 Å². The number of hydrogen-bond acceptors (Lipinski definition) is 2. The van der Waals surface area contributed by atoms with Gasteiger partial charge in [-0.05, 0) is 18.3 Å². The van der Waals surface area contributed by atoms with E-state index in [1.165, 1.54) is 0 Å². The van der Waals surface area contributed by atoms with Crippen molar-refractivity contribution < 1.29 is 23.1 Å². The lowest BCUT2D eigenvalue weighted by atomic mass is 9.84. The predicted octanol–water partition coefficient (Wildman–Crippen LogP) is 2.79. The average Bonchev–Trinajstić information content (AvgIpc) is 1.95. The van der Waals surface area contributed by atoms with Gasteiger partial charge in [0.25, 0.3) is 0 Å². The van der Waals surface area contributed by atoms with Gasteiger partial charge in [-0.1, -0.05) is 20.8 Å². The fraction of sp³-hybridized carbons (Fsp3) is 0.909. The summed E-state index contributed by atoms with van der Waals surface area (Å²) in [6.45, 7) is 5.64. The Balaban J connectivity index is 4.49.